The minimum atomic E-state index is -0.571. The zero-order valence-corrected chi connectivity index (χ0v) is 25.3. The largest absolute Gasteiger partial charge is 0.287 e. The Balaban J connectivity index is 1.60. The van der Waals surface area contributed by atoms with E-state index in [4.69, 9.17) is 9.97 Å². The van der Waals surface area contributed by atoms with E-state index in [1.54, 1.807) is 48.6 Å². The predicted molar refractivity (Wildman–Crippen MR) is 181 cm³/mol. The first kappa shape index (κ1) is 33.6. The van der Waals surface area contributed by atoms with Crippen LogP contribution in [0.25, 0.3) is 48.6 Å². The lowest BCUT2D eigenvalue weighted by molar-refractivity contribution is -0.385. The monoisotopic (exact) mass is 672 g/mol. The van der Waals surface area contributed by atoms with Crippen molar-refractivity contribution in [2.24, 2.45) is 0 Å². The van der Waals surface area contributed by atoms with Crippen LogP contribution in [-0.2, 0) is 0 Å². The summed E-state index contributed by atoms with van der Waals surface area (Å²) in [5, 5.41) is 44.2. The Morgan fingerprint density at radius 3 is 0.740 bits per heavy atom. The van der Waals surface area contributed by atoms with E-state index in [0.717, 1.165) is 24.8 Å². The number of hydrogen-bond donors (Lipinski definition) is 0. The van der Waals surface area contributed by atoms with Gasteiger partial charge in [0.1, 0.15) is 24.8 Å². The minimum absolute atomic E-state index is 0.188. The van der Waals surface area contributed by atoms with Gasteiger partial charge in [-0.3, -0.25) is 40.5 Å². The maximum Gasteiger partial charge on any atom is 0.287 e. The first-order chi connectivity index (χ1) is 24.0. The van der Waals surface area contributed by atoms with E-state index in [-0.39, 0.29) is 22.7 Å². The van der Waals surface area contributed by atoms with Crippen molar-refractivity contribution in [3.63, 3.8) is 0 Å². The van der Waals surface area contributed by atoms with E-state index < -0.39 is 19.7 Å². The van der Waals surface area contributed by atoms with Crippen molar-refractivity contribution < 1.29 is 19.7 Å². The van der Waals surface area contributed by atoms with Crippen molar-refractivity contribution in [1.29, 1.82) is 0 Å². The molecule has 246 valence electrons. The van der Waals surface area contributed by atoms with E-state index in [2.05, 4.69) is 19.9 Å². The van der Waals surface area contributed by atoms with Crippen LogP contribution in [0.5, 0.6) is 0 Å². The lowest BCUT2D eigenvalue weighted by Crippen LogP contribution is -2.00. The van der Waals surface area contributed by atoms with E-state index in [1.807, 2.05) is 0 Å². The Labute approximate surface area is 280 Å². The zero-order valence-electron chi connectivity index (χ0n) is 25.3. The Hall–Kier alpha value is -7.76. The van der Waals surface area contributed by atoms with E-state index in [9.17, 15) is 40.5 Å². The van der Waals surface area contributed by atoms with Gasteiger partial charge in [0.25, 0.3) is 22.7 Å². The Bertz CT molecular complexity index is 1890. The second-order valence-corrected chi connectivity index (χ2v) is 9.89. The molecule has 0 N–H and O–H groups in total. The van der Waals surface area contributed by atoms with Crippen LogP contribution in [0, 0.1) is 40.5 Å². The summed E-state index contributed by atoms with van der Waals surface area (Å²) in [6.07, 6.45) is 17.0. The standard InChI is InChI=1S/C32H20N10O8/c43-39(44)25-9-1-21(33-17-25)5-13-29-30(14-6-22-2-10-26(18-34-22)40(45)46)38-32(16-8-24-4-12-28(20-36-24)42(49)50)31(37-29)15-7-23-3-11-27(19-35-23)41(47)48/h1-20H. The first-order valence-corrected chi connectivity index (χ1v) is 14.1. The summed E-state index contributed by atoms with van der Waals surface area (Å²) in [4.78, 5) is 67.8. The molecule has 5 rings (SSSR count). The lowest BCUT2D eigenvalue weighted by atomic mass is 10.1. The summed E-state index contributed by atoms with van der Waals surface area (Å²) in [7, 11) is 0. The number of aromatic nitrogens is 6. The van der Waals surface area contributed by atoms with Crippen molar-refractivity contribution in [2.75, 3.05) is 0 Å². The summed E-state index contributed by atoms with van der Waals surface area (Å²) in [6.45, 7) is 0. The molecule has 0 amide bonds. The third-order valence-corrected chi connectivity index (χ3v) is 6.58. The number of pyridine rings is 4. The highest BCUT2D eigenvalue weighted by Crippen LogP contribution is 2.21. The molecule has 0 aliphatic heterocycles. The second kappa shape index (κ2) is 15.2. The third-order valence-electron chi connectivity index (χ3n) is 6.58. The van der Waals surface area contributed by atoms with Gasteiger partial charge in [-0.15, -0.1) is 0 Å². The van der Waals surface area contributed by atoms with Gasteiger partial charge < -0.3 is 0 Å². The van der Waals surface area contributed by atoms with Gasteiger partial charge >= 0.3 is 0 Å². The fourth-order valence-corrected chi connectivity index (χ4v) is 4.05. The summed E-state index contributed by atoms with van der Waals surface area (Å²) in [5.74, 6) is 0. The SMILES string of the molecule is O=[N+]([O-])c1ccc(C=Cc2nc(C=Cc3ccc([N+](=O)[O-])cn3)c(C=Cc3ccc([N+](=O)[O-])cn3)nc2C=Cc2ccc([N+](=O)[O-])cn2)nc1. The number of rotatable bonds is 12. The molecule has 0 aromatic carbocycles. The molecular formula is C32H20N10O8. The van der Waals surface area contributed by atoms with Crippen LogP contribution >= 0.6 is 0 Å². The van der Waals surface area contributed by atoms with Crippen LogP contribution in [0.4, 0.5) is 22.7 Å². The Morgan fingerprint density at radius 1 is 0.360 bits per heavy atom. The van der Waals surface area contributed by atoms with Gasteiger partial charge in [0.2, 0.25) is 0 Å². The molecule has 0 unspecified atom stereocenters. The van der Waals surface area contributed by atoms with Crippen molar-refractivity contribution in [1.82, 2.24) is 29.9 Å². The highest BCUT2D eigenvalue weighted by molar-refractivity contribution is 5.80. The van der Waals surface area contributed by atoms with Crippen molar-refractivity contribution >= 4 is 71.4 Å². The van der Waals surface area contributed by atoms with E-state index >= 15 is 0 Å². The van der Waals surface area contributed by atoms with Crippen LogP contribution in [0.1, 0.15) is 45.6 Å². The fourth-order valence-electron chi connectivity index (χ4n) is 4.05. The number of hydrogen-bond acceptors (Lipinski definition) is 14. The molecule has 0 saturated heterocycles. The van der Waals surface area contributed by atoms with Crippen molar-refractivity contribution in [3.05, 3.63) is 159 Å². The smallest absolute Gasteiger partial charge is 0.258 e. The molecule has 0 spiro atoms. The molecule has 0 radical (unpaired) electrons. The Kier molecular flexibility index (Phi) is 10.2. The number of nitrogens with zero attached hydrogens (tertiary/aromatic N) is 10. The molecule has 0 saturated carbocycles. The summed E-state index contributed by atoms with van der Waals surface area (Å²) < 4.78 is 0. The minimum Gasteiger partial charge on any atom is -0.258 e. The Morgan fingerprint density at radius 2 is 0.580 bits per heavy atom. The normalized spacial score (nSPS) is 11.5. The van der Waals surface area contributed by atoms with Crippen LogP contribution in [0.2, 0.25) is 0 Å². The van der Waals surface area contributed by atoms with Gasteiger partial charge in [0.05, 0.1) is 65.2 Å². The van der Waals surface area contributed by atoms with Gasteiger partial charge in [0.15, 0.2) is 0 Å². The second-order valence-electron chi connectivity index (χ2n) is 9.89. The third kappa shape index (κ3) is 8.73. The highest BCUT2D eigenvalue weighted by Gasteiger charge is 2.11. The van der Waals surface area contributed by atoms with Crippen LogP contribution in [-0.4, -0.2) is 49.6 Å². The van der Waals surface area contributed by atoms with Gasteiger partial charge in [-0.25, -0.2) is 29.9 Å². The van der Waals surface area contributed by atoms with Gasteiger partial charge in [-0.05, 0) is 72.9 Å². The highest BCUT2D eigenvalue weighted by atomic mass is 16.6. The summed E-state index contributed by atoms with van der Waals surface area (Å²) in [5.41, 5.74) is 2.01. The summed E-state index contributed by atoms with van der Waals surface area (Å²) >= 11 is 0. The van der Waals surface area contributed by atoms with Crippen LogP contribution in [0.15, 0.2) is 73.3 Å². The molecule has 0 aliphatic carbocycles. The quantitative estimate of drug-likeness (QED) is 0.103. The molecule has 18 heteroatoms. The molecule has 50 heavy (non-hydrogen) atoms. The lowest BCUT2D eigenvalue weighted by Gasteiger charge is -2.07. The van der Waals surface area contributed by atoms with Crippen LogP contribution in [0.3, 0.4) is 0 Å². The van der Waals surface area contributed by atoms with Gasteiger partial charge in [-0.2, -0.15) is 0 Å². The molecule has 5 heterocycles. The maximum absolute atomic E-state index is 11.0. The molecule has 0 bridgehead atoms. The molecule has 5 aromatic heterocycles. The predicted octanol–water partition coefficient (Wildman–Crippen LogP) is 6.37. The van der Waals surface area contributed by atoms with Gasteiger partial charge in [-0.1, -0.05) is 0 Å². The van der Waals surface area contributed by atoms with Crippen molar-refractivity contribution in [2.45, 2.75) is 0 Å². The van der Waals surface area contributed by atoms with Gasteiger partial charge in [0, 0.05) is 24.3 Å². The van der Waals surface area contributed by atoms with Crippen molar-refractivity contribution in [3.8, 4) is 0 Å². The average Bonchev–Trinajstić information content (AvgIpc) is 3.12. The number of nitro groups is 4. The fraction of sp³-hybridized carbons (Fsp3) is 0. The van der Waals surface area contributed by atoms with E-state index in [1.165, 1.54) is 48.5 Å². The summed E-state index contributed by atoms with van der Waals surface area (Å²) in [6, 6.07) is 11.0. The zero-order chi connectivity index (χ0) is 35.6. The molecule has 0 fully saturated rings. The molecular weight excluding hydrogens is 652 g/mol. The van der Waals surface area contributed by atoms with E-state index in [0.29, 0.717) is 45.6 Å². The topological polar surface area (TPSA) is 250 Å². The van der Waals surface area contributed by atoms with Crippen LogP contribution < -0.4 is 0 Å². The molecule has 0 aliphatic rings. The molecule has 5 aromatic rings. The molecule has 18 nitrogen and oxygen atoms in total. The molecule has 0 atom stereocenters. The maximum atomic E-state index is 11.0. The average molecular weight is 673 g/mol. The first-order valence-electron chi connectivity index (χ1n) is 14.1.